The summed E-state index contributed by atoms with van der Waals surface area (Å²) in [5.41, 5.74) is 5.06. The van der Waals surface area contributed by atoms with Gasteiger partial charge in [0.2, 0.25) is 0 Å². The predicted molar refractivity (Wildman–Crippen MR) is 113 cm³/mol. The summed E-state index contributed by atoms with van der Waals surface area (Å²) in [6.45, 7) is 0.511. The summed E-state index contributed by atoms with van der Waals surface area (Å²) < 4.78 is 4.68. The minimum absolute atomic E-state index is 0.0573. The van der Waals surface area contributed by atoms with Crippen molar-refractivity contribution in [3.63, 3.8) is 0 Å². The average Bonchev–Trinajstić information content (AvgIpc) is 3.15. The molecule has 0 unspecified atom stereocenters. The van der Waals surface area contributed by atoms with E-state index in [0.29, 0.717) is 29.0 Å². The Labute approximate surface area is 173 Å². The highest BCUT2D eigenvalue weighted by atomic mass is 16.5. The van der Waals surface area contributed by atoms with Crippen LogP contribution in [0.3, 0.4) is 0 Å². The van der Waals surface area contributed by atoms with E-state index in [1.807, 2.05) is 30.3 Å². The second-order valence-electron chi connectivity index (χ2n) is 6.74. The summed E-state index contributed by atoms with van der Waals surface area (Å²) in [4.78, 5) is 35.8. The van der Waals surface area contributed by atoms with Crippen molar-refractivity contribution in [1.29, 1.82) is 0 Å². The second-order valence-corrected chi connectivity index (χ2v) is 6.74. The molecular formula is C23H19N3O4. The van der Waals surface area contributed by atoms with E-state index >= 15 is 0 Å². The zero-order valence-corrected chi connectivity index (χ0v) is 16.2. The maximum atomic E-state index is 12.3. The maximum absolute atomic E-state index is 12.3. The number of ether oxygens (including phenoxy) is 1. The molecule has 0 saturated heterocycles. The number of rotatable bonds is 4. The first-order chi connectivity index (χ1) is 14.5. The number of hydrogen-bond acceptors (Lipinski definition) is 4. The Bertz CT molecular complexity index is 1140. The number of amides is 3. The van der Waals surface area contributed by atoms with Gasteiger partial charge in [0.15, 0.2) is 0 Å². The van der Waals surface area contributed by atoms with Crippen LogP contribution in [0.5, 0.6) is 0 Å². The van der Waals surface area contributed by atoms with Crippen molar-refractivity contribution in [3.05, 3.63) is 83.4 Å². The topological polar surface area (TPSA) is 96.5 Å². The van der Waals surface area contributed by atoms with Gasteiger partial charge in [0.1, 0.15) is 0 Å². The first kappa shape index (κ1) is 19.2. The molecule has 1 aliphatic heterocycles. The molecule has 1 heterocycles. The van der Waals surface area contributed by atoms with Crippen LogP contribution in [0.1, 0.15) is 26.3 Å². The van der Waals surface area contributed by atoms with Gasteiger partial charge in [-0.2, -0.15) is 0 Å². The second kappa shape index (κ2) is 8.08. The number of fused-ring (bicyclic) bond motifs is 1. The summed E-state index contributed by atoms with van der Waals surface area (Å²) in [6, 6.07) is 19.1. The van der Waals surface area contributed by atoms with E-state index < -0.39 is 12.0 Å². The van der Waals surface area contributed by atoms with Gasteiger partial charge in [0.05, 0.1) is 12.7 Å². The molecule has 0 aromatic heterocycles. The standard InChI is InChI=1S/C23H19N3O4/c1-30-22(28)15-4-2-5-17(12-15)26-23(29)25-16-10-8-14(9-11-16)18-6-3-7-19-20(18)13-24-21(19)27/h2-12H,13H2,1H3,(H,24,27)(H2,25,26,29). The summed E-state index contributed by atoms with van der Waals surface area (Å²) in [6.07, 6.45) is 0. The third-order valence-corrected chi connectivity index (χ3v) is 4.84. The molecule has 0 spiro atoms. The van der Waals surface area contributed by atoms with Gasteiger partial charge in [-0.3, -0.25) is 4.79 Å². The van der Waals surface area contributed by atoms with Crippen molar-refractivity contribution in [3.8, 4) is 11.1 Å². The monoisotopic (exact) mass is 401 g/mol. The van der Waals surface area contributed by atoms with Crippen LogP contribution in [0.15, 0.2) is 66.7 Å². The number of urea groups is 1. The lowest BCUT2D eigenvalue weighted by molar-refractivity contribution is 0.0600. The van der Waals surface area contributed by atoms with Gasteiger partial charge >= 0.3 is 12.0 Å². The predicted octanol–water partition coefficient (Wildman–Crippen LogP) is 4.03. The molecule has 4 rings (SSSR count). The molecule has 3 aromatic rings. The Hall–Kier alpha value is -4.13. The first-order valence-corrected chi connectivity index (χ1v) is 9.32. The molecule has 30 heavy (non-hydrogen) atoms. The lowest BCUT2D eigenvalue weighted by Gasteiger charge is -2.10. The first-order valence-electron chi connectivity index (χ1n) is 9.32. The zero-order valence-electron chi connectivity index (χ0n) is 16.2. The molecule has 7 nitrogen and oxygen atoms in total. The number of carbonyl (C=O) groups excluding carboxylic acids is 3. The van der Waals surface area contributed by atoms with E-state index in [1.54, 1.807) is 36.4 Å². The van der Waals surface area contributed by atoms with Gasteiger partial charge in [0, 0.05) is 23.5 Å². The minimum atomic E-state index is -0.473. The van der Waals surface area contributed by atoms with Crippen molar-refractivity contribution in [2.75, 3.05) is 17.7 Å². The van der Waals surface area contributed by atoms with E-state index in [-0.39, 0.29) is 5.91 Å². The normalized spacial score (nSPS) is 12.0. The number of benzene rings is 3. The average molecular weight is 401 g/mol. The fourth-order valence-electron chi connectivity index (χ4n) is 3.39. The lowest BCUT2D eigenvalue weighted by atomic mass is 9.97. The van der Waals surface area contributed by atoms with Crippen LogP contribution in [-0.2, 0) is 11.3 Å². The third-order valence-electron chi connectivity index (χ3n) is 4.84. The molecule has 0 atom stereocenters. The van der Waals surface area contributed by atoms with Gasteiger partial charge in [-0.05, 0) is 53.1 Å². The smallest absolute Gasteiger partial charge is 0.337 e. The van der Waals surface area contributed by atoms with Crippen molar-refractivity contribution in [2.24, 2.45) is 0 Å². The van der Waals surface area contributed by atoms with Gasteiger partial charge in [-0.1, -0.05) is 30.3 Å². The number of carbonyl (C=O) groups is 3. The highest BCUT2D eigenvalue weighted by Gasteiger charge is 2.21. The van der Waals surface area contributed by atoms with Crippen LogP contribution in [0, 0.1) is 0 Å². The minimum Gasteiger partial charge on any atom is -0.465 e. The highest BCUT2D eigenvalue weighted by Crippen LogP contribution is 2.30. The van der Waals surface area contributed by atoms with Crippen molar-refractivity contribution < 1.29 is 19.1 Å². The van der Waals surface area contributed by atoms with Crippen LogP contribution in [0.2, 0.25) is 0 Å². The largest absolute Gasteiger partial charge is 0.465 e. The highest BCUT2D eigenvalue weighted by molar-refractivity contribution is 6.02. The van der Waals surface area contributed by atoms with Crippen LogP contribution in [0.25, 0.3) is 11.1 Å². The Kier molecular flexibility index (Phi) is 5.17. The van der Waals surface area contributed by atoms with Crippen molar-refractivity contribution >= 4 is 29.3 Å². The van der Waals surface area contributed by atoms with Crippen LogP contribution in [0.4, 0.5) is 16.2 Å². The summed E-state index contributed by atoms with van der Waals surface area (Å²) in [5.74, 6) is -0.531. The summed E-state index contributed by atoms with van der Waals surface area (Å²) in [7, 11) is 1.30. The third kappa shape index (κ3) is 3.86. The molecule has 0 bridgehead atoms. The van der Waals surface area contributed by atoms with E-state index in [1.165, 1.54) is 7.11 Å². The Morgan fingerprint density at radius 1 is 0.900 bits per heavy atom. The molecule has 3 N–H and O–H groups in total. The fourth-order valence-corrected chi connectivity index (χ4v) is 3.39. The summed E-state index contributed by atoms with van der Waals surface area (Å²) >= 11 is 0. The van der Waals surface area contributed by atoms with Gasteiger partial charge < -0.3 is 20.7 Å². The fraction of sp³-hybridized carbons (Fsp3) is 0.0870. The molecule has 1 aliphatic rings. The van der Waals surface area contributed by atoms with E-state index in [9.17, 15) is 14.4 Å². The van der Waals surface area contributed by atoms with Crippen LogP contribution < -0.4 is 16.0 Å². The number of esters is 1. The van der Waals surface area contributed by atoms with Crippen LogP contribution >= 0.6 is 0 Å². The molecule has 7 heteroatoms. The van der Waals surface area contributed by atoms with E-state index in [4.69, 9.17) is 0 Å². The molecule has 3 amide bonds. The molecule has 150 valence electrons. The molecule has 0 radical (unpaired) electrons. The molecule has 0 aliphatic carbocycles. The Morgan fingerprint density at radius 2 is 1.60 bits per heavy atom. The molecule has 3 aromatic carbocycles. The summed E-state index contributed by atoms with van der Waals surface area (Å²) in [5, 5.41) is 8.29. The Morgan fingerprint density at radius 3 is 2.37 bits per heavy atom. The number of anilines is 2. The van der Waals surface area contributed by atoms with Gasteiger partial charge in [0.25, 0.3) is 5.91 Å². The molecular weight excluding hydrogens is 382 g/mol. The zero-order chi connectivity index (χ0) is 21.1. The molecule has 0 fully saturated rings. The Balaban J connectivity index is 1.45. The molecule has 0 saturated carbocycles. The maximum Gasteiger partial charge on any atom is 0.337 e. The van der Waals surface area contributed by atoms with Crippen LogP contribution in [-0.4, -0.2) is 25.0 Å². The number of nitrogens with one attached hydrogen (secondary N) is 3. The SMILES string of the molecule is COC(=O)c1cccc(NC(=O)Nc2ccc(-c3cccc4c3CNC4=O)cc2)c1. The number of methoxy groups -OCH3 is 1. The van der Waals surface area contributed by atoms with Crippen molar-refractivity contribution in [2.45, 2.75) is 6.54 Å². The lowest BCUT2D eigenvalue weighted by Crippen LogP contribution is -2.19. The van der Waals surface area contributed by atoms with Gasteiger partial charge in [-0.15, -0.1) is 0 Å². The van der Waals surface area contributed by atoms with E-state index in [0.717, 1.165) is 16.7 Å². The number of hydrogen-bond donors (Lipinski definition) is 3. The van der Waals surface area contributed by atoms with E-state index in [2.05, 4.69) is 20.7 Å². The van der Waals surface area contributed by atoms with Gasteiger partial charge in [-0.25, -0.2) is 9.59 Å². The van der Waals surface area contributed by atoms with Crippen molar-refractivity contribution in [1.82, 2.24) is 5.32 Å². The quantitative estimate of drug-likeness (QED) is 0.575.